The molecule has 0 saturated carbocycles. The zero-order valence-electron chi connectivity index (χ0n) is 9.48. The van der Waals surface area contributed by atoms with Crippen molar-refractivity contribution in [2.75, 3.05) is 0 Å². The van der Waals surface area contributed by atoms with Gasteiger partial charge in [-0.3, -0.25) is 9.59 Å². The molecule has 0 radical (unpaired) electrons. The Hall–Kier alpha value is -1.70. The summed E-state index contributed by atoms with van der Waals surface area (Å²) in [6, 6.07) is 10.1. The van der Waals surface area contributed by atoms with Crippen LogP contribution in [0.15, 0.2) is 42.0 Å². The van der Waals surface area contributed by atoms with E-state index in [1.807, 2.05) is 24.3 Å². The van der Waals surface area contributed by atoms with Gasteiger partial charge in [-0.05, 0) is 30.9 Å². The van der Waals surface area contributed by atoms with E-state index >= 15 is 0 Å². The Balaban J connectivity index is 2.46. The van der Waals surface area contributed by atoms with Crippen LogP contribution in [-0.4, -0.2) is 12.1 Å². The summed E-state index contributed by atoms with van der Waals surface area (Å²) in [6.07, 6.45) is 4.56. The quantitative estimate of drug-likeness (QED) is 0.541. The molecule has 0 N–H and O–H groups in total. The van der Waals surface area contributed by atoms with E-state index in [1.165, 1.54) is 12.5 Å². The number of aldehydes is 1. The van der Waals surface area contributed by atoms with Gasteiger partial charge in [0.25, 0.3) is 0 Å². The molecule has 0 bridgehead atoms. The van der Waals surface area contributed by atoms with Crippen LogP contribution in [0.5, 0.6) is 0 Å². The van der Waals surface area contributed by atoms with Crippen LogP contribution in [0.2, 0.25) is 0 Å². The Morgan fingerprint density at radius 1 is 1.25 bits per heavy atom. The van der Waals surface area contributed by atoms with Crippen molar-refractivity contribution >= 4 is 12.1 Å². The molecular formula is C14H16O2. The SMILES string of the molecule is CC(=O)C/C(C=O)=C\CCc1ccccc1. The van der Waals surface area contributed by atoms with Gasteiger partial charge < -0.3 is 0 Å². The maximum atomic E-state index is 10.8. The lowest BCUT2D eigenvalue weighted by Crippen LogP contribution is -1.95. The topological polar surface area (TPSA) is 34.1 Å². The fourth-order valence-electron chi connectivity index (χ4n) is 1.52. The molecule has 0 saturated heterocycles. The Kier molecular flexibility index (Phi) is 5.20. The molecule has 16 heavy (non-hydrogen) atoms. The minimum Gasteiger partial charge on any atom is -0.300 e. The highest BCUT2D eigenvalue weighted by molar-refractivity contribution is 5.87. The van der Waals surface area contributed by atoms with Gasteiger partial charge in [-0.1, -0.05) is 36.4 Å². The zero-order chi connectivity index (χ0) is 11.8. The molecule has 0 heterocycles. The molecule has 0 unspecified atom stereocenters. The summed E-state index contributed by atoms with van der Waals surface area (Å²) in [6.45, 7) is 1.49. The monoisotopic (exact) mass is 216 g/mol. The molecule has 0 spiro atoms. The molecule has 0 aliphatic rings. The highest BCUT2D eigenvalue weighted by atomic mass is 16.1. The molecule has 2 heteroatoms. The van der Waals surface area contributed by atoms with Gasteiger partial charge in [0.15, 0.2) is 0 Å². The molecule has 0 amide bonds. The number of aryl methyl sites for hydroxylation is 1. The van der Waals surface area contributed by atoms with Crippen LogP contribution in [0, 0.1) is 0 Å². The summed E-state index contributed by atoms with van der Waals surface area (Å²) in [5, 5.41) is 0. The second kappa shape index (κ2) is 6.72. The van der Waals surface area contributed by atoms with Gasteiger partial charge in [0, 0.05) is 6.42 Å². The zero-order valence-corrected chi connectivity index (χ0v) is 9.48. The molecule has 0 aliphatic heterocycles. The van der Waals surface area contributed by atoms with Gasteiger partial charge in [0.2, 0.25) is 0 Å². The second-order valence-corrected chi connectivity index (χ2v) is 3.80. The summed E-state index contributed by atoms with van der Waals surface area (Å²) in [5.41, 5.74) is 1.83. The van der Waals surface area contributed by atoms with Gasteiger partial charge >= 0.3 is 0 Å². The molecule has 84 valence electrons. The largest absolute Gasteiger partial charge is 0.300 e. The van der Waals surface area contributed by atoms with Crippen molar-refractivity contribution in [2.24, 2.45) is 0 Å². The smallest absolute Gasteiger partial charge is 0.146 e. The maximum absolute atomic E-state index is 10.8. The molecule has 0 aliphatic carbocycles. The summed E-state index contributed by atoms with van der Waals surface area (Å²) in [4.78, 5) is 21.5. The van der Waals surface area contributed by atoms with Crippen LogP contribution in [0.4, 0.5) is 0 Å². The van der Waals surface area contributed by atoms with Crippen LogP contribution < -0.4 is 0 Å². The molecule has 2 nitrogen and oxygen atoms in total. The van der Waals surface area contributed by atoms with E-state index in [4.69, 9.17) is 0 Å². The fourth-order valence-corrected chi connectivity index (χ4v) is 1.52. The first-order valence-electron chi connectivity index (χ1n) is 5.40. The van der Waals surface area contributed by atoms with E-state index in [0.29, 0.717) is 5.57 Å². The fraction of sp³-hybridized carbons (Fsp3) is 0.286. The summed E-state index contributed by atoms with van der Waals surface area (Å²) in [7, 11) is 0. The Morgan fingerprint density at radius 2 is 1.94 bits per heavy atom. The average molecular weight is 216 g/mol. The van der Waals surface area contributed by atoms with E-state index < -0.39 is 0 Å². The van der Waals surface area contributed by atoms with E-state index in [1.54, 1.807) is 0 Å². The maximum Gasteiger partial charge on any atom is 0.146 e. The number of Topliss-reactive ketones (excluding diaryl/α,β-unsaturated/α-hetero) is 1. The first-order chi connectivity index (χ1) is 7.72. The van der Waals surface area contributed by atoms with E-state index in [2.05, 4.69) is 12.1 Å². The minimum atomic E-state index is 0.0260. The summed E-state index contributed by atoms with van der Waals surface area (Å²) in [5.74, 6) is 0.0260. The minimum absolute atomic E-state index is 0.0260. The standard InChI is InChI=1S/C14H16O2/c1-12(16)10-14(11-15)9-5-8-13-6-3-2-4-7-13/h2-4,6-7,9,11H,5,8,10H2,1H3/b14-9+. The number of hydrogen-bond donors (Lipinski definition) is 0. The highest BCUT2D eigenvalue weighted by Crippen LogP contribution is 2.06. The Labute approximate surface area is 96.0 Å². The highest BCUT2D eigenvalue weighted by Gasteiger charge is 1.99. The van der Waals surface area contributed by atoms with Crippen molar-refractivity contribution in [3.63, 3.8) is 0 Å². The lowest BCUT2D eigenvalue weighted by molar-refractivity contribution is -0.117. The number of carbonyl (C=O) groups excluding carboxylic acids is 2. The normalized spacial score (nSPS) is 11.2. The first kappa shape index (κ1) is 12.4. The molecule has 0 fully saturated rings. The lowest BCUT2D eigenvalue weighted by atomic mass is 10.1. The summed E-state index contributed by atoms with van der Waals surface area (Å²) >= 11 is 0. The molecule has 1 rings (SSSR count). The van der Waals surface area contributed by atoms with Crippen molar-refractivity contribution in [1.82, 2.24) is 0 Å². The number of rotatable bonds is 6. The predicted molar refractivity (Wildman–Crippen MR) is 64.2 cm³/mol. The van der Waals surface area contributed by atoms with Gasteiger partial charge in [0.1, 0.15) is 12.1 Å². The Bertz CT molecular complexity index is 377. The predicted octanol–water partition coefficient (Wildman–Crippen LogP) is 2.72. The van der Waals surface area contributed by atoms with Gasteiger partial charge in [-0.25, -0.2) is 0 Å². The third kappa shape index (κ3) is 4.69. The molecule has 1 aromatic rings. The molecular weight excluding hydrogens is 200 g/mol. The van der Waals surface area contributed by atoms with Crippen LogP contribution in [-0.2, 0) is 16.0 Å². The van der Waals surface area contributed by atoms with Crippen molar-refractivity contribution in [1.29, 1.82) is 0 Å². The Morgan fingerprint density at radius 3 is 2.50 bits per heavy atom. The van der Waals surface area contributed by atoms with Crippen molar-refractivity contribution in [3.8, 4) is 0 Å². The van der Waals surface area contributed by atoms with Gasteiger partial charge in [0.05, 0.1) is 0 Å². The number of benzene rings is 1. The first-order valence-corrected chi connectivity index (χ1v) is 5.40. The average Bonchev–Trinajstić information content (AvgIpc) is 2.28. The van der Waals surface area contributed by atoms with Crippen molar-refractivity contribution in [2.45, 2.75) is 26.2 Å². The van der Waals surface area contributed by atoms with Crippen LogP contribution in [0.25, 0.3) is 0 Å². The number of carbonyl (C=O) groups is 2. The van der Waals surface area contributed by atoms with Crippen LogP contribution in [0.1, 0.15) is 25.3 Å². The second-order valence-electron chi connectivity index (χ2n) is 3.80. The van der Waals surface area contributed by atoms with E-state index in [0.717, 1.165) is 19.1 Å². The molecule has 0 atom stereocenters. The van der Waals surface area contributed by atoms with E-state index in [9.17, 15) is 9.59 Å². The number of hydrogen-bond acceptors (Lipinski definition) is 2. The third-order valence-corrected chi connectivity index (χ3v) is 2.29. The van der Waals surface area contributed by atoms with Crippen molar-refractivity contribution < 1.29 is 9.59 Å². The number of allylic oxidation sites excluding steroid dienone is 2. The van der Waals surface area contributed by atoms with Crippen LogP contribution >= 0.6 is 0 Å². The molecule has 1 aromatic carbocycles. The third-order valence-electron chi connectivity index (χ3n) is 2.29. The number of ketones is 1. The van der Waals surface area contributed by atoms with Gasteiger partial charge in [-0.15, -0.1) is 0 Å². The van der Waals surface area contributed by atoms with E-state index in [-0.39, 0.29) is 12.2 Å². The van der Waals surface area contributed by atoms with Crippen LogP contribution in [0.3, 0.4) is 0 Å². The molecule has 0 aromatic heterocycles. The van der Waals surface area contributed by atoms with Crippen molar-refractivity contribution in [3.05, 3.63) is 47.5 Å². The summed E-state index contributed by atoms with van der Waals surface area (Å²) < 4.78 is 0. The van der Waals surface area contributed by atoms with Gasteiger partial charge in [-0.2, -0.15) is 0 Å². The lowest BCUT2D eigenvalue weighted by Gasteiger charge is -1.98.